The molecule has 0 unspecified atom stereocenters. The van der Waals surface area contributed by atoms with Crippen LogP contribution in [0.3, 0.4) is 0 Å². The average Bonchev–Trinajstić information content (AvgIpc) is 2.27. The van der Waals surface area contributed by atoms with Crippen molar-refractivity contribution in [1.29, 1.82) is 0 Å². The zero-order chi connectivity index (χ0) is 12.8. The number of aliphatic hydroxyl groups is 3. The molecule has 6 atom stereocenters. The van der Waals surface area contributed by atoms with Crippen molar-refractivity contribution in [3.05, 3.63) is 0 Å². The first-order valence-electron chi connectivity index (χ1n) is 5.10. The Balaban J connectivity index is 2.16. The largest absolute Gasteiger partial charge is 0.477 e. The first-order chi connectivity index (χ1) is 7.85. The second-order valence-electron chi connectivity index (χ2n) is 4.19. The van der Waals surface area contributed by atoms with Gasteiger partial charge in [-0.1, -0.05) is 0 Å². The summed E-state index contributed by atoms with van der Waals surface area (Å²) in [7, 11) is 0. The molecule has 98 valence electrons. The van der Waals surface area contributed by atoms with E-state index in [1.165, 1.54) is 6.92 Å². The Kier molecular flexibility index (Phi) is 3.10. The highest BCUT2D eigenvalue weighted by Crippen LogP contribution is 2.32. The first kappa shape index (κ1) is 12.7. The van der Waals surface area contributed by atoms with Crippen molar-refractivity contribution >= 4 is 5.97 Å². The van der Waals surface area contributed by atoms with E-state index in [1.54, 1.807) is 0 Å². The Morgan fingerprint density at radius 3 is 2.53 bits per heavy atom. The second kappa shape index (κ2) is 4.16. The van der Waals surface area contributed by atoms with E-state index in [1.807, 2.05) is 0 Å². The van der Waals surface area contributed by atoms with Crippen molar-refractivity contribution in [3.8, 4) is 0 Å². The van der Waals surface area contributed by atoms with Gasteiger partial charge in [-0.25, -0.2) is 4.79 Å². The Morgan fingerprint density at radius 2 is 1.94 bits per heavy atom. The van der Waals surface area contributed by atoms with Gasteiger partial charge in [0.05, 0.1) is 6.61 Å². The van der Waals surface area contributed by atoms with Gasteiger partial charge in [-0.15, -0.1) is 0 Å². The summed E-state index contributed by atoms with van der Waals surface area (Å²) >= 11 is 0. The van der Waals surface area contributed by atoms with Gasteiger partial charge in [-0.05, 0) is 0 Å². The summed E-state index contributed by atoms with van der Waals surface area (Å²) in [6.07, 6.45) is -6.43. The van der Waals surface area contributed by atoms with E-state index in [4.69, 9.17) is 19.3 Å². The van der Waals surface area contributed by atoms with E-state index >= 15 is 0 Å². The van der Waals surface area contributed by atoms with Gasteiger partial charge in [-0.3, -0.25) is 0 Å². The minimum Gasteiger partial charge on any atom is -0.477 e. The monoisotopic (exact) mass is 250 g/mol. The van der Waals surface area contributed by atoms with Crippen LogP contribution in [0.25, 0.3) is 0 Å². The van der Waals surface area contributed by atoms with Crippen LogP contribution in [0.2, 0.25) is 0 Å². The van der Waals surface area contributed by atoms with E-state index in [-0.39, 0.29) is 6.61 Å². The maximum atomic E-state index is 10.9. The van der Waals surface area contributed by atoms with Crippen LogP contribution in [0.15, 0.2) is 0 Å². The molecule has 8 nitrogen and oxygen atoms in total. The van der Waals surface area contributed by atoms with Crippen molar-refractivity contribution in [1.82, 2.24) is 0 Å². The maximum absolute atomic E-state index is 10.9. The number of ether oxygens (including phenoxy) is 3. The third-order valence-electron chi connectivity index (χ3n) is 2.93. The zero-order valence-corrected chi connectivity index (χ0v) is 9.02. The van der Waals surface area contributed by atoms with E-state index in [0.717, 1.165) is 0 Å². The molecule has 0 radical (unpaired) electrons. The fraction of sp³-hybridized carbons (Fsp3) is 0.889. The lowest BCUT2D eigenvalue weighted by atomic mass is 9.97. The van der Waals surface area contributed by atoms with Crippen molar-refractivity contribution in [2.24, 2.45) is 0 Å². The highest BCUT2D eigenvalue weighted by molar-refractivity contribution is 5.75. The Hall–Kier alpha value is -0.770. The van der Waals surface area contributed by atoms with Gasteiger partial charge in [0.15, 0.2) is 6.29 Å². The summed E-state index contributed by atoms with van der Waals surface area (Å²) < 4.78 is 15.0. The molecule has 0 spiro atoms. The molecule has 0 bridgehead atoms. The molecule has 17 heavy (non-hydrogen) atoms. The van der Waals surface area contributed by atoms with Gasteiger partial charge in [0.25, 0.3) is 5.79 Å². The number of hydrogen-bond acceptors (Lipinski definition) is 7. The molecule has 8 heteroatoms. The molecule has 0 aromatic heterocycles. The van der Waals surface area contributed by atoms with E-state index in [2.05, 4.69) is 0 Å². The average molecular weight is 250 g/mol. The summed E-state index contributed by atoms with van der Waals surface area (Å²) in [4.78, 5) is 10.9. The molecular weight excluding hydrogens is 236 g/mol. The fourth-order valence-corrected chi connectivity index (χ4v) is 1.85. The van der Waals surface area contributed by atoms with Crippen LogP contribution in [-0.2, 0) is 19.0 Å². The van der Waals surface area contributed by atoms with Crippen LogP contribution in [0.4, 0.5) is 0 Å². The lowest BCUT2D eigenvalue weighted by Crippen LogP contribution is -2.66. The van der Waals surface area contributed by atoms with Gasteiger partial charge in [0.1, 0.15) is 24.4 Å². The number of hydrogen-bond donors (Lipinski definition) is 4. The van der Waals surface area contributed by atoms with Crippen molar-refractivity contribution in [2.75, 3.05) is 6.61 Å². The maximum Gasteiger partial charge on any atom is 0.364 e. The molecule has 2 aliphatic rings. The molecule has 0 aromatic carbocycles. The highest BCUT2D eigenvalue weighted by atomic mass is 16.8. The molecule has 2 saturated heterocycles. The fourth-order valence-electron chi connectivity index (χ4n) is 1.85. The van der Waals surface area contributed by atoms with E-state index in [9.17, 15) is 20.1 Å². The molecule has 0 aromatic rings. The SMILES string of the molecule is C[C@@]1(C(=O)O)OC[C@H]2O[C@@H](O)[C@@H](O)[C@@H](O)[C@@H]2O1. The molecular formula is C9H14O8. The van der Waals surface area contributed by atoms with Crippen molar-refractivity contribution < 1.29 is 39.4 Å². The topological polar surface area (TPSA) is 126 Å². The predicted octanol–water partition coefficient (Wildman–Crippen LogP) is -2.36. The van der Waals surface area contributed by atoms with Crippen molar-refractivity contribution in [2.45, 2.75) is 43.4 Å². The summed E-state index contributed by atoms with van der Waals surface area (Å²) in [6, 6.07) is 0. The summed E-state index contributed by atoms with van der Waals surface area (Å²) in [5.41, 5.74) is 0. The molecule has 2 fully saturated rings. The van der Waals surface area contributed by atoms with Crippen LogP contribution < -0.4 is 0 Å². The van der Waals surface area contributed by atoms with Gasteiger partial charge in [0.2, 0.25) is 0 Å². The molecule has 0 saturated carbocycles. The van der Waals surface area contributed by atoms with E-state index in [0.29, 0.717) is 0 Å². The number of carboxylic acid groups (broad SMARTS) is 1. The van der Waals surface area contributed by atoms with Gasteiger partial charge in [-0.2, -0.15) is 0 Å². The Morgan fingerprint density at radius 1 is 1.29 bits per heavy atom. The molecule has 2 rings (SSSR count). The quantitative estimate of drug-likeness (QED) is 0.407. The summed E-state index contributed by atoms with van der Waals surface area (Å²) in [6.45, 7) is 1.03. The summed E-state index contributed by atoms with van der Waals surface area (Å²) in [5, 5.41) is 37.3. The first-order valence-corrected chi connectivity index (χ1v) is 5.10. The van der Waals surface area contributed by atoms with Gasteiger partial charge >= 0.3 is 5.97 Å². The number of fused-ring (bicyclic) bond motifs is 1. The number of carbonyl (C=O) groups is 1. The third-order valence-corrected chi connectivity index (χ3v) is 2.93. The lowest BCUT2D eigenvalue weighted by Gasteiger charge is -2.47. The molecule has 0 amide bonds. The predicted molar refractivity (Wildman–Crippen MR) is 49.8 cm³/mol. The summed E-state index contributed by atoms with van der Waals surface area (Å²) in [5.74, 6) is -3.24. The van der Waals surface area contributed by atoms with Crippen LogP contribution in [0.5, 0.6) is 0 Å². The second-order valence-corrected chi connectivity index (χ2v) is 4.19. The van der Waals surface area contributed by atoms with E-state index < -0.39 is 42.5 Å². The standard InChI is InChI=1S/C9H14O8/c1-9(8(13)14)15-2-3-6(17-9)4(10)5(11)7(12)16-3/h3-7,10-12H,2H2,1H3,(H,13,14)/t3-,4-,5+,6-,7-,9-/m1/s1. The normalized spacial score (nSPS) is 50.7. The van der Waals surface area contributed by atoms with Gasteiger partial charge in [0, 0.05) is 6.92 Å². The molecule has 2 aliphatic heterocycles. The number of aliphatic carboxylic acids is 1. The van der Waals surface area contributed by atoms with Crippen LogP contribution >= 0.6 is 0 Å². The molecule has 2 heterocycles. The Bertz CT molecular complexity index is 318. The minimum absolute atomic E-state index is 0.158. The number of rotatable bonds is 1. The highest BCUT2D eigenvalue weighted by Gasteiger charge is 2.53. The number of aliphatic hydroxyl groups excluding tert-OH is 3. The minimum atomic E-state index is -1.90. The zero-order valence-electron chi connectivity index (χ0n) is 9.02. The number of carboxylic acids is 1. The molecule has 4 N–H and O–H groups in total. The van der Waals surface area contributed by atoms with Crippen LogP contribution in [0, 0.1) is 0 Å². The Labute approximate surface area is 96.3 Å². The molecule has 0 aliphatic carbocycles. The van der Waals surface area contributed by atoms with Gasteiger partial charge < -0.3 is 34.6 Å². The third kappa shape index (κ3) is 2.03. The van der Waals surface area contributed by atoms with Crippen LogP contribution in [0.1, 0.15) is 6.92 Å². The lowest BCUT2D eigenvalue weighted by molar-refractivity contribution is -0.373. The van der Waals surface area contributed by atoms with Crippen LogP contribution in [-0.4, -0.2) is 69.5 Å². The smallest absolute Gasteiger partial charge is 0.364 e. The van der Waals surface area contributed by atoms with Crippen molar-refractivity contribution in [3.63, 3.8) is 0 Å².